The third kappa shape index (κ3) is 1.57. The highest BCUT2D eigenvalue weighted by Gasteiger charge is 2.19. The molecule has 2 nitrogen and oxygen atoms in total. The van der Waals surface area contributed by atoms with Gasteiger partial charge in [0.15, 0.2) is 0 Å². The molecule has 2 heteroatoms. The summed E-state index contributed by atoms with van der Waals surface area (Å²) in [5, 5.41) is 0. The summed E-state index contributed by atoms with van der Waals surface area (Å²) in [6, 6.07) is 7.67. The molecule has 1 aliphatic rings. The number of hydrogen-bond acceptors (Lipinski definition) is 1. The van der Waals surface area contributed by atoms with Gasteiger partial charge in [0.05, 0.1) is 0 Å². The van der Waals surface area contributed by atoms with Crippen molar-refractivity contribution in [2.24, 2.45) is 5.73 Å². The van der Waals surface area contributed by atoms with E-state index < -0.39 is 0 Å². The normalized spacial score (nSPS) is 16.6. The number of primary amides is 1. The standard InChI is InChI=1S/C11H13NO/c12-11(13)10-6-4-9(5-7-10)8-2-1-3-8/h4-8H,1-3H2,(H2,12,13). The molecule has 1 aromatic carbocycles. The summed E-state index contributed by atoms with van der Waals surface area (Å²) in [6.45, 7) is 0. The number of rotatable bonds is 2. The molecule has 0 spiro atoms. The van der Waals surface area contributed by atoms with Crippen molar-refractivity contribution >= 4 is 5.91 Å². The van der Waals surface area contributed by atoms with Gasteiger partial charge in [-0.2, -0.15) is 0 Å². The van der Waals surface area contributed by atoms with Crippen molar-refractivity contribution in [3.05, 3.63) is 35.4 Å². The first kappa shape index (κ1) is 8.30. The van der Waals surface area contributed by atoms with Crippen LogP contribution in [-0.2, 0) is 0 Å². The summed E-state index contributed by atoms with van der Waals surface area (Å²) in [5.74, 6) is 0.377. The first-order chi connectivity index (χ1) is 6.27. The van der Waals surface area contributed by atoms with E-state index >= 15 is 0 Å². The maximum atomic E-state index is 10.8. The van der Waals surface area contributed by atoms with E-state index in [-0.39, 0.29) is 5.91 Å². The van der Waals surface area contributed by atoms with Crippen LogP contribution < -0.4 is 5.73 Å². The van der Waals surface area contributed by atoms with Crippen LogP contribution in [0.4, 0.5) is 0 Å². The molecule has 1 amide bonds. The van der Waals surface area contributed by atoms with Gasteiger partial charge in [0, 0.05) is 5.56 Å². The third-order valence-electron chi connectivity index (χ3n) is 2.77. The summed E-state index contributed by atoms with van der Waals surface area (Å²) in [4.78, 5) is 10.8. The van der Waals surface area contributed by atoms with Crippen LogP contribution in [0.25, 0.3) is 0 Å². The molecule has 0 atom stereocenters. The number of carbonyl (C=O) groups is 1. The zero-order valence-corrected chi connectivity index (χ0v) is 7.49. The van der Waals surface area contributed by atoms with Crippen LogP contribution in [-0.4, -0.2) is 5.91 Å². The second-order valence-corrected chi connectivity index (χ2v) is 3.61. The van der Waals surface area contributed by atoms with Crippen molar-refractivity contribution in [1.29, 1.82) is 0 Å². The molecule has 68 valence electrons. The lowest BCUT2D eigenvalue weighted by atomic mass is 9.80. The lowest BCUT2D eigenvalue weighted by Crippen LogP contribution is -2.12. The van der Waals surface area contributed by atoms with E-state index in [1.54, 1.807) is 0 Å². The van der Waals surface area contributed by atoms with Crippen LogP contribution >= 0.6 is 0 Å². The van der Waals surface area contributed by atoms with Gasteiger partial charge in [-0.15, -0.1) is 0 Å². The van der Waals surface area contributed by atoms with E-state index in [0.29, 0.717) is 5.56 Å². The Hall–Kier alpha value is -1.31. The summed E-state index contributed by atoms with van der Waals surface area (Å²) in [7, 11) is 0. The molecule has 0 aromatic heterocycles. The molecule has 0 saturated heterocycles. The second-order valence-electron chi connectivity index (χ2n) is 3.61. The maximum absolute atomic E-state index is 10.8. The van der Waals surface area contributed by atoms with Crippen molar-refractivity contribution in [1.82, 2.24) is 0 Å². The molecular weight excluding hydrogens is 162 g/mol. The van der Waals surface area contributed by atoms with E-state index in [0.717, 1.165) is 5.92 Å². The zero-order valence-electron chi connectivity index (χ0n) is 7.49. The topological polar surface area (TPSA) is 43.1 Å². The van der Waals surface area contributed by atoms with Gasteiger partial charge in [0.25, 0.3) is 0 Å². The van der Waals surface area contributed by atoms with E-state index in [9.17, 15) is 4.79 Å². The van der Waals surface area contributed by atoms with E-state index in [4.69, 9.17) is 5.73 Å². The lowest BCUT2D eigenvalue weighted by molar-refractivity contribution is 0.100. The molecule has 1 saturated carbocycles. The minimum atomic E-state index is -0.347. The number of nitrogens with two attached hydrogens (primary N) is 1. The highest BCUT2D eigenvalue weighted by molar-refractivity contribution is 5.92. The van der Waals surface area contributed by atoms with Gasteiger partial charge in [0.2, 0.25) is 5.91 Å². The minimum Gasteiger partial charge on any atom is -0.366 e. The van der Waals surface area contributed by atoms with Gasteiger partial charge in [-0.05, 0) is 36.5 Å². The van der Waals surface area contributed by atoms with E-state index in [2.05, 4.69) is 0 Å². The van der Waals surface area contributed by atoms with Gasteiger partial charge < -0.3 is 5.73 Å². The van der Waals surface area contributed by atoms with Gasteiger partial charge >= 0.3 is 0 Å². The van der Waals surface area contributed by atoms with Crippen LogP contribution in [0.5, 0.6) is 0 Å². The Morgan fingerprint density at radius 3 is 2.23 bits per heavy atom. The molecule has 1 fully saturated rings. The number of benzene rings is 1. The molecule has 2 N–H and O–H groups in total. The van der Waals surface area contributed by atoms with E-state index in [1.165, 1.54) is 24.8 Å². The first-order valence-corrected chi connectivity index (χ1v) is 4.67. The summed E-state index contributed by atoms with van der Waals surface area (Å²) < 4.78 is 0. The Morgan fingerprint density at radius 1 is 1.23 bits per heavy atom. The van der Waals surface area contributed by atoms with Crippen LogP contribution in [0.2, 0.25) is 0 Å². The van der Waals surface area contributed by atoms with Crippen LogP contribution in [0.15, 0.2) is 24.3 Å². The van der Waals surface area contributed by atoms with Crippen LogP contribution in [0.3, 0.4) is 0 Å². The van der Waals surface area contributed by atoms with Crippen LogP contribution in [0, 0.1) is 0 Å². The van der Waals surface area contributed by atoms with Gasteiger partial charge in [-0.25, -0.2) is 0 Å². The fourth-order valence-corrected chi connectivity index (χ4v) is 1.66. The SMILES string of the molecule is NC(=O)c1ccc(C2CCC2)cc1. The van der Waals surface area contributed by atoms with Crippen molar-refractivity contribution < 1.29 is 4.79 Å². The Bertz CT molecular complexity index is 311. The smallest absolute Gasteiger partial charge is 0.248 e. The monoisotopic (exact) mass is 175 g/mol. The Labute approximate surface area is 77.8 Å². The fourth-order valence-electron chi connectivity index (χ4n) is 1.66. The van der Waals surface area contributed by atoms with Gasteiger partial charge in [-0.3, -0.25) is 4.79 Å². The molecule has 0 aliphatic heterocycles. The predicted molar refractivity (Wildman–Crippen MR) is 51.6 cm³/mol. The average Bonchev–Trinajstić information content (AvgIpc) is 2.02. The molecule has 0 heterocycles. The number of amides is 1. The van der Waals surface area contributed by atoms with Crippen molar-refractivity contribution in [3.8, 4) is 0 Å². The second kappa shape index (κ2) is 3.21. The van der Waals surface area contributed by atoms with Crippen molar-refractivity contribution in [2.45, 2.75) is 25.2 Å². The summed E-state index contributed by atoms with van der Waals surface area (Å²) >= 11 is 0. The molecule has 1 aromatic rings. The van der Waals surface area contributed by atoms with Gasteiger partial charge in [-0.1, -0.05) is 18.6 Å². The average molecular weight is 175 g/mol. The highest BCUT2D eigenvalue weighted by Crippen LogP contribution is 2.36. The fraction of sp³-hybridized carbons (Fsp3) is 0.364. The largest absolute Gasteiger partial charge is 0.366 e. The molecule has 0 radical (unpaired) electrons. The number of carbonyl (C=O) groups excluding carboxylic acids is 1. The van der Waals surface area contributed by atoms with E-state index in [1.807, 2.05) is 24.3 Å². The van der Waals surface area contributed by atoms with Crippen LogP contribution in [0.1, 0.15) is 41.1 Å². The predicted octanol–water partition coefficient (Wildman–Crippen LogP) is 2.05. The zero-order chi connectivity index (χ0) is 9.26. The first-order valence-electron chi connectivity index (χ1n) is 4.67. The summed E-state index contributed by atoms with van der Waals surface area (Å²) in [6.07, 6.45) is 3.91. The Balaban J connectivity index is 2.17. The molecule has 0 bridgehead atoms. The van der Waals surface area contributed by atoms with Gasteiger partial charge in [0.1, 0.15) is 0 Å². The molecular formula is C11H13NO. The molecule has 13 heavy (non-hydrogen) atoms. The molecule has 0 unspecified atom stereocenters. The molecule has 1 aliphatic carbocycles. The minimum absolute atomic E-state index is 0.347. The summed E-state index contributed by atoms with van der Waals surface area (Å²) in [5.41, 5.74) is 7.09. The van der Waals surface area contributed by atoms with Crippen molar-refractivity contribution in [2.75, 3.05) is 0 Å². The Kier molecular flexibility index (Phi) is 2.05. The third-order valence-corrected chi connectivity index (χ3v) is 2.77. The van der Waals surface area contributed by atoms with Crippen molar-refractivity contribution in [3.63, 3.8) is 0 Å². The molecule has 2 rings (SSSR count). The number of hydrogen-bond donors (Lipinski definition) is 1. The lowest BCUT2D eigenvalue weighted by Gasteiger charge is -2.25. The quantitative estimate of drug-likeness (QED) is 0.734. The maximum Gasteiger partial charge on any atom is 0.248 e. The highest BCUT2D eigenvalue weighted by atomic mass is 16.1. The Morgan fingerprint density at radius 2 is 1.85 bits per heavy atom.